The minimum atomic E-state index is -0.366. The van der Waals surface area contributed by atoms with Gasteiger partial charge in [0, 0.05) is 23.9 Å². The van der Waals surface area contributed by atoms with Crippen LogP contribution in [0.1, 0.15) is 25.0 Å². The maximum Gasteiger partial charge on any atom is 0.129 e. The maximum atomic E-state index is 13.5. The van der Waals surface area contributed by atoms with E-state index >= 15 is 0 Å². The van der Waals surface area contributed by atoms with Crippen LogP contribution in [-0.4, -0.2) is 19.3 Å². The lowest BCUT2D eigenvalue weighted by Crippen LogP contribution is -2.22. The summed E-state index contributed by atoms with van der Waals surface area (Å²) in [5, 5.41) is 11.9. The number of rotatable bonds is 5. The van der Waals surface area contributed by atoms with Gasteiger partial charge in [-0.1, -0.05) is 0 Å². The average Bonchev–Trinajstić information content (AvgIpc) is 2.32. The fraction of sp³-hybridized carbons (Fsp3) is 0.462. The van der Waals surface area contributed by atoms with Crippen molar-refractivity contribution in [1.29, 1.82) is 5.26 Å². The van der Waals surface area contributed by atoms with Gasteiger partial charge in [0.1, 0.15) is 5.82 Å². The Morgan fingerprint density at radius 1 is 1.53 bits per heavy atom. The summed E-state index contributed by atoms with van der Waals surface area (Å²) in [5.41, 5.74) is 1.49. The number of ether oxygens (including phenoxy) is 1. The molecule has 0 fully saturated rings. The van der Waals surface area contributed by atoms with Crippen molar-refractivity contribution in [2.75, 3.05) is 18.5 Å². The van der Waals surface area contributed by atoms with E-state index in [9.17, 15) is 4.39 Å². The maximum absolute atomic E-state index is 13.5. The zero-order valence-electron chi connectivity index (χ0n) is 10.4. The second-order valence-electron chi connectivity index (χ2n) is 3.95. The van der Waals surface area contributed by atoms with Gasteiger partial charge in [0.15, 0.2) is 0 Å². The van der Waals surface area contributed by atoms with E-state index in [2.05, 4.69) is 5.32 Å². The van der Waals surface area contributed by atoms with E-state index in [4.69, 9.17) is 10.00 Å². The molecule has 0 aliphatic rings. The Kier molecular flexibility index (Phi) is 4.92. The molecular weight excluding hydrogens is 219 g/mol. The Morgan fingerprint density at radius 3 is 2.82 bits per heavy atom. The summed E-state index contributed by atoms with van der Waals surface area (Å²) >= 11 is 0. The fourth-order valence-electron chi connectivity index (χ4n) is 1.50. The molecular formula is C13H17FN2O. The Hall–Kier alpha value is -1.60. The van der Waals surface area contributed by atoms with Gasteiger partial charge < -0.3 is 10.1 Å². The number of hydrogen-bond acceptors (Lipinski definition) is 3. The molecule has 0 aliphatic carbocycles. The number of nitriles is 1. The highest BCUT2D eigenvalue weighted by molar-refractivity contribution is 5.56. The summed E-state index contributed by atoms with van der Waals surface area (Å²) in [6.45, 7) is 6.76. The molecule has 0 heterocycles. The zero-order valence-corrected chi connectivity index (χ0v) is 10.4. The van der Waals surface area contributed by atoms with Crippen molar-refractivity contribution in [1.82, 2.24) is 0 Å². The van der Waals surface area contributed by atoms with Gasteiger partial charge in [0.05, 0.1) is 18.2 Å². The molecule has 0 amide bonds. The highest BCUT2D eigenvalue weighted by atomic mass is 19.1. The quantitative estimate of drug-likeness (QED) is 0.855. The first-order valence-corrected chi connectivity index (χ1v) is 5.63. The lowest BCUT2D eigenvalue weighted by molar-refractivity contribution is 0.141. The van der Waals surface area contributed by atoms with Gasteiger partial charge in [-0.2, -0.15) is 5.26 Å². The number of nitrogens with one attached hydrogen (secondary N) is 1. The van der Waals surface area contributed by atoms with E-state index in [-0.39, 0.29) is 11.9 Å². The topological polar surface area (TPSA) is 45.0 Å². The van der Waals surface area contributed by atoms with Crippen molar-refractivity contribution in [3.8, 4) is 6.07 Å². The van der Waals surface area contributed by atoms with E-state index in [1.807, 2.05) is 19.9 Å². The Morgan fingerprint density at radius 2 is 2.24 bits per heavy atom. The van der Waals surface area contributed by atoms with Crippen LogP contribution in [0.2, 0.25) is 0 Å². The molecule has 1 atom stereocenters. The molecule has 92 valence electrons. The Balaban J connectivity index is 2.83. The number of benzene rings is 1. The molecule has 0 saturated carbocycles. The minimum Gasteiger partial charge on any atom is -0.380 e. The lowest BCUT2D eigenvalue weighted by atomic mass is 10.1. The summed E-state index contributed by atoms with van der Waals surface area (Å²) in [5.74, 6) is -0.366. The van der Waals surface area contributed by atoms with Crippen LogP contribution in [0.3, 0.4) is 0 Å². The van der Waals surface area contributed by atoms with Crippen LogP contribution in [0, 0.1) is 24.1 Å². The lowest BCUT2D eigenvalue weighted by Gasteiger charge is -2.17. The molecule has 0 radical (unpaired) electrons. The third-order valence-corrected chi connectivity index (χ3v) is 2.45. The van der Waals surface area contributed by atoms with Gasteiger partial charge in [-0.25, -0.2) is 4.39 Å². The van der Waals surface area contributed by atoms with E-state index in [1.54, 1.807) is 13.0 Å². The van der Waals surface area contributed by atoms with Crippen LogP contribution >= 0.6 is 0 Å². The SMILES string of the molecule is CCOCC(C)Nc1cc(C#N)cc(F)c1C. The zero-order chi connectivity index (χ0) is 12.8. The van der Waals surface area contributed by atoms with E-state index in [0.29, 0.717) is 30.0 Å². The van der Waals surface area contributed by atoms with Crippen LogP contribution in [0.25, 0.3) is 0 Å². The van der Waals surface area contributed by atoms with Crippen LogP contribution in [0.4, 0.5) is 10.1 Å². The van der Waals surface area contributed by atoms with Crippen molar-refractivity contribution in [2.24, 2.45) is 0 Å². The van der Waals surface area contributed by atoms with Crippen LogP contribution in [0.15, 0.2) is 12.1 Å². The molecule has 0 bridgehead atoms. The molecule has 17 heavy (non-hydrogen) atoms. The molecule has 1 rings (SSSR count). The van der Waals surface area contributed by atoms with Crippen LogP contribution < -0.4 is 5.32 Å². The largest absolute Gasteiger partial charge is 0.380 e. The van der Waals surface area contributed by atoms with Crippen molar-refractivity contribution in [3.63, 3.8) is 0 Å². The first-order chi connectivity index (χ1) is 8.08. The standard InChI is InChI=1S/C13H17FN2O/c1-4-17-8-9(2)16-13-6-11(7-15)5-12(14)10(13)3/h5-6,9,16H,4,8H2,1-3H3. The molecule has 4 heteroatoms. The fourth-order valence-corrected chi connectivity index (χ4v) is 1.50. The van der Waals surface area contributed by atoms with Crippen molar-refractivity contribution >= 4 is 5.69 Å². The molecule has 0 saturated heterocycles. The summed E-state index contributed by atoms with van der Waals surface area (Å²) < 4.78 is 18.8. The van der Waals surface area contributed by atoms with Crippen molar-refractivity contribution in [3.05, 3.63) is 29.1 Å². The number of hydrogen-bond donors (Lipinski definition) is 1. The van der Waals surface area contributed by atoms with Gasteiger partial charge in [0.2, 0.25) is 0 Å². The molecule has 1 aromatic rings. The second kappa shape index (κ2) is 6.21. The Labute approximate surface area is 101 Å². The van der Waals surface area contributed by atoms with Crippen LogP contribution in [-0.2, 0) is 4.74 Å². The van der Waals surface area contributed by atoms with Gasteiger partial charge in [-0.05, 0) is 32.9 Å². The highest BCUT2D eigenvalue weighted by Crippen LogP contribution is 2.21. The second-order valence-corrected chi connectivity index (χ2v) is 3.95. The molecule has 0 spiro atoms. The summed E-state index contributed by atoms with van der Waals surface area (Å²) in [6, 6.07) is 4.91. The minimum absolute atomic E-state index is 0.0713. The molecule has 0 aliphatic heterocycles. The number of nitrogens with zero attached hydrogens (tertiary/aromatic N) is 1. The predicted octanol–water partition coefficient (Wildman–Crippen LogP) is 2.84. The summed E-state index contributed by atoms with van der Waals surface area (Å²) in [6.07, 6.45) is 0. The van der Waals surface area contributed by atoms with E-state index in [1.165, 1.54) is 6.07 Å². The van der Waals surface area contributed by atoms with Crippen molar-refractivity contribution in [2.45, 2.75) is 26.8 Å². The predicted molar refractivity (Wildman–Crippen MR) is 65.4 cm³/mol. The molecule has 1 aromatic carbocycles. The molecule has 1 unspecified atom stereocenters. The highest BCUT2D eigenvalue weighted by Gasteiger charge is 2.09. The van der Waals surface area contributed by atoms with Crippen molar-refractivity contribution < 1.29 is 9.13 Å². The first-order valence-electron chi connectivity index (χ1n) is 5.63. The monoisotopic (exact) mass is 236 g/mol. The third kappa shape index (κ3) is 3.72. The first kappa shape index (κ1) is 13.5. The summed E-state index contributed by atoms with van der Waals surface area (Å²) in [7, 11) is 0. The van der Waals surface area contributed by atoms with Gasteiger partial charge in [-0.3, -0.25) is 0 Å². The number of halogens is 1. The van der Waals surface area contributed by atoms with Crippen LogP contribution in [0.5, 0.6) is 0 Å². The smallest absolute Gasteiger partial charge is 0.129 e. The Bertz CT molecular complexity index is 426. The van der Waals surface area contributed by atoms with E-state index < -0.39 is 0 Å². The third-order valence-electron chi connectivity index (χ3n) is 2.45. The molecule has 1 N–H and O–H groups in total. The van der Waals surface area contributed by atoms with Gasteiger partial charge in [-0.15, -0.1) is 0 Å². The average molecular weight is 236 g/mol. The normalized spacial score (nSPS) is 11.9. The summed E-state index contributed by atoms with van der Waals surface area (Å²) in [4.78, 5) is 0. The van der Waals surface area contributed by atoms with Gasteiger partial charge >= 0.3 is 0 Å². The van der Waals surface area contributed by atoms with Gasteiger partial charge in [0.25, 0.3) is 0 Å². The van der Waals surface area contributed by atoms with E-state index in [0.717, 1.165) is 0 Å². The number of anilines is 1. The molecule has 3 nitrogen and oxygen atoms in total. The molecule has 0 aromatic heterocycles.